The van der Waals surface area contributed by atoms with E-state index in [2.05, 4.69) is 12.1 Å². The topological polar surface area (TPSA) is 20.2 Å². The van der Waals surface area contributed by atoms with Gasteiger partial charge in [0.25, 0.3) is 0 Å². The predicted octanol–water partition coefficient (Wildman–Crippen LogP) is 2.73. The highest BCUT2D eigenvalue weighted by molar-refractivity contribution is 7.10. The molecule has 1 aliphatic carbocycles. The van der Waals surface area contributed by atoms with Crippen LogP contribution >= 0.6 is 11.3 Å². The first-order chi connectivity index (χ1) is 7.28. The van der Waals surface area contributed by atoms with Crippen LogP contribution in [0.3, 0.4) is 0 Å². The van der Waals surface area contributed by atoms with Gasteiger partial charge in [0.1, 0.15) is 5.60 Å². The van der Waals surface area contributed by atoms with E-state index in [4.69, 9.17) is 0 Å². The molecule has 0 bridgehead atoms. The van der Waals surface area contributed by atoms with Gasteiger partial charge in [-0.2, -0.15) is 0 Å². The fraction of sp³-hybridized carbons (Fsp3) is 0.231. The summed E-state index contributed by atoms with van der Waals surface area (Å²) >= 11 is 1.64. The monoisotopic (exact) mass is 216 g/mol. The molecule has 1 N–H and O–H groups in total. The van der Waals surface area contributed by atoms with Gasteiger partial charge in [0.05, 0.1) is 0 Å². The van der Waals surface area contributed by atoms with Crippen molar-refractivity contribution < 1.29 is 5.11 Å². The first kappa shape index (κ1) is 9.13. The van der Waals surface area contributed by atoms with Crippen LogP contribution < -0.4 is 0 Å². The molecule has 0 atom stereocenters. The Morgan fingerprint density at radius 3 is 2.20 bits per heavy atom. The van der Waals surface area contributed by atoms with Gasteiger partial charge in [-0.3, -0.25) is 0 Å². The molecule has 15 heavy (non-hydrogen) atoms. The lowest BCUT2D eigenvalue weighted by molar-refractivity contribution is 0.0521. The van der Waals surface area contributed by atoms with Crippen LogP contribution in [0.4, 0.5) is 0 Å². The highest BCUT2D eigenvalue weighted by Crippen LogP contribution is 2.39. The number of hydrogen-bond acceptors (Lipinski definition) is 2. The van der Waals surface area contributed by atoms with E-state index in [-0.39, 0.29) is 0 Å². The second-order valence-electron chi connectivity index (χ2n) is 4.13. The summed E-state index contributed by atoms with van der Waals surface area (Å²) in [5.41, 5.74) is 1.92. The Bertz CT molecular complexity index is 448. The number of rotatable bonds is 1. The van der Waals surface area contributed by atoms with Crippen molar-refractivity contribution in [2.75, 3.05) is 0 Å². The lowest BCUT2D eigenvalue weighted by atomic mass is 9.99. The molecule has 0 radical (unpaired) electrons. The van der Waals surface area contributed by atoms with E-state index in [1.807, 2.05) is 29.6 Å². The summed E-state index contributed by atoms with van der Waals surface area (Å²) in [5.74, 6) is 0. The molecule has 0 unspecified atom stereocenters. The minimum atomic E-state index is -0.655. The maximum atomic E-state index is 10.6. The van der Waals surface area contributed by atoms with Crippen molar-refractivity contribution in [1.29, 1.82) is 0 Å². The van der Waals surface area contributed by atoms with E-state index in [0.717, 1.165) is 17.7 Å². The highest BCUT2D eigenvalue weighted by Gasteiger charge is 2.37. The molecule has 0 saturated heterocycles. The average Bonchev–Trinajstić information content (AvgIpc) is 2.83. The summed E-state index contributed by atoms with van der Waals surface area (Å²) in [4.78, 5) is 1.08. The van der Waals surface area contributed by atoms with Gasteiger partial charge < -0.3 is 5.11 Å². The number of aliphatic hydroxyl groups is 1. The Balaban J connectivity index is 2.01. The molecule has 1 aliphatic rings. The molecular formula is C13H12OS. The third kappa shape index (κ3) is 1.41. The quantitative estimate of drug-likeness (QED) is 0.777. The van der Waals surface area contributed by atoms with Gasteiger partial charge in [-0.15, -0.1) is 11.3 Å². The second kappa shape index (κ2) is 3.19. The molecule has 0 spiro atoms. The summed E-state index contributed by atoms with van der Waals surface area (Å²) < 4.78 is 0. The van der Waals surface area contributed by atoms with E-state index in [9.17, 15) is 5.11 Å². The van der Waals surface area contributed by atoms with Gasteiger partial charge in [0.15, 0.2) is 0 Å². The van der Waals surface area contributed by atoms with Gasteiger partial charge >= 0.3 is 0 Å². The van der Waals surface area contributed by atoms with Crippen LogP contribution in [0.1, 0.15) is 16.0 Å². The van der Waals surface area contributed by atoms with E-state index in [1.54, 1.807) is 11.3 Å². The van der Waals surface area contributed by atoms with E-state index < -0.39 is 5.60 Å². The first-order valence-electron chi connectivity index (χ1n) is 5.11. The molecule has 2 heteroatoms. The van der Waals surface area contributed by atoms with Crippen molar-refractivity contribution in [3.63, 3.8) is 0 Å². The Morgan fingerprint density at radius 2 is 1.67 bits per heavy atom. The first-order valence-corrected chi connectivity index (χ1v) is 5.99. The minimum absolute atomic E-state index is 0.655. The van der Waals surface area contributed by atoms with Crippen molar-refractivity contribution in [2.24, 2.45) is 0 Å². The summed E-state index contributed by atoms with van der Waals surface area (Å²) in [7, 11) is 0. The fourth-order valence-corrected chi connectivity index (χ4v) is 3.14. The van der Waals surface area contributed by atoms with Crippen LogP contribution in [0, 0.1) is 0 Å². The van der Waals surface area contributed by atoms with Gasteiger partial charge in [0, 0.05) is 17.7 Å². The molecule has 1 heterocycles. The predicted molar refractivity (Wildman–Crippen MR) is 62.1 cm³/mol. The molecule has 3 rings (SSSR count). The van der Waals surface area contributed by atoms with Crippen LogP contribution in [0.25, 0.3) is 0 Å². The molecule has 1 aromatic heterocycles. The molecule has 76 valence electrons. The fourth-order valence-electron chi connectivity index (χ4n) is 2.31. The zero-order chi connectivity index (χ0) is 10.3. The lowest BCUT2D eigenvalue weighted by Crippen LogP contribution is -2.24. The van der Waals surface area contributed by atoms with Gasteiger partial charge in [-0.25, -0.2) is 0 Å². The van der Waals surface area contributed by atoms with E-state index in [1.165, 1.54) is 11.1 Å². The molecule has 0 saturated carbocycles. The molecular weight excluding hydrogens is 204 g/mol. The van der Waals surface area contributed by atoms with E-state index >= 15 is 0 Å². The summed E-state index contributed by atoms with van der Waals surface area (Å²) in [6, 6.07) is 12.3. The van der Waals surface area contributed by atoms with Crippen molar-refractivity contribution in [3.8, 4) is 0 Å². The summed E-state index contributed by atoms with van der Waals surface area (Å²) in [6.45, 7) is 0. The van der Waals surface area contributed by atoms with Crippen molar-refractivity contribution in [1.82, 2.24) is 0 Å². The zero-order valence-corrected chi connectivity index (χ0v) is 9.13. The Morgan fingerprint density at radius 1 is 1.00 bits per heavy atom. The number of benzene rings is 1. The molecule has 2 aromatic rings. The number of thiophene rings is 1. The van der Waals surface area contributed by atoms with Gasteiger partial charge in [-0.1, -0.05) is 30.3 Å². The Labute approximate surface area is 93.0 Å². The largest absolute Gasteiger partial charge is 0.384 e. The summed E-state index contributed by atoms with van der Waals surface area (Å²) in [5, 5.41) is 12.6. The normalized spacial score (nSPS) is 17.7. The van der Waals surface area contributed by atoms with E-state index in [0.29, 0.717) is 0 Å². The SMILES string of the molecule is OC1(c2cccs2)Cc2ccccc2C1. The second-order valence-corrected chi connectivity index (χ2v) is 5.08. The van der Waals surface area contributed by atoms with Crippen LogP contribution in [0.2, 0.25) is 0 Å². The van der Waals surface area contributed by atoms with Crippen molar-refractivity contribution >= 4 is 11.3 Å². The third-order valence-electron chi connectivity index (χ3n) is 3.06. The molecule has 0 fully saturated rings. The molecule has 1 aromatic carbocycles. The number of hydrogen-bond donors (Lipinski definition) is 1. The Hall–Kier alpha value is -1.12. The Kier molecular flexibility index (Phi) is 1.94. The molecule has 1 nitrogen and oxygen atoms in total. The maximum Gasteiger partial charge on any atom is 0.107 e. The molecule has 0 aliphatic heterocycles. The van der Waals surface area contributed by atoms with Crippen molar-refractivity contribution in [3.05, 3.63) is 57.8 Å². The van der Waals surface area contributed by atoms with Crippen LogP contribution in [0.15, 0.2) is 41.8 Å². The average molecular weight is 216 g/mol. The third-order valence-corrected chi connectivity index (χ3v) is 4.13. The van der Waals surface area contributed by atoms with Gasteiger partial charge in [0.2, 0.25) is 0 Å². The van der Waals surface area contributed by atoms with Crippen LogP contribution in [-0.2, 0) is 18.4 Å². The summed E-state index contributed by atoms with van der Waals surface area (Å²) in [6.07, 6.45) is 1.51. The standard InChI is InChI=1S/C13H12OS/c14-13(12-6-3-7-15-12)8-10-4-1-2-5-11(10)9-13/h1-7,14H,8-9H2. The van der Waals surface area contributed by atoms with Gasteiger partial charge in [-0.05, 0) is 22.6 Å². The van der Waals surface area contributed by atoms with Crippen molar-refractivity contribution in [2.45, 2.75) is 18.4 Å². The highest BCUT2D eigenvalue weighted by atomic mass is 32.1. The zero-order valence-electron chi connectivity index (χ0n) is 8.31. The maximum absolute atomic E-state index is 10.6. The molecule has 0 amide bonds. The minimum Gasteiger partial charge on any atom is -0.384 e. The smallest absolute Gasteiger partial charge is 0.107 e. The number of fused-ring (bicyclic) bond motifs is 1. The van der Waals surface area contributed by atoms with Crippen LogP contribution in [0.5, 0.6) is 0 Å². The van der Waals surface area contributed by atoms with Crippen LogP contribution in [-0.4, -0.2) is 5.11 Å². The lowest BCUT2D eigenvalue weighted by Gasteiger charge is -2.20.